The zero-order valence-corrected chi connectivity index (χ0v) is 12.1. The molecule has 1 heterocycles. The van der Waals surface area contributed by atoms with Crippen molar-refractivity contribution < 1.29 is 22.0 Å². The molecule has 1 aliphatic rings. The second-order valence-electron chi connectivity index (χ2n) is 4.66. The van der Waals surface area contributed by atoms with Crippen LogP contribution in [0.1, 0.15) is 12.8 Å². The van der Waals surface area contributed by atoms with Gasteiger partial charge in [-0.25, -0.2) is 17.2 Å². The van der Waals surface area contributed by atoms with Crippen LogP contribution >= 0.6 is 0 Å². The van der Waals surface area contributed by atoms with Crippen LogP contribution in [0.4, 0.5) is 14.5 Å². The fraction of sp³-hybridized carbons (Fsp3) is 0.417. The number of benzene rings is 1. The summed E-state index contributed by atoms with van der Waals surface area (Å²) >= 11 is 0. The molecule has 1 unspecified atom stereocenters. The lowest BCUT2D eigenvalue weighted by molar-refractivity contribution is -0.123. The highest BCUT2D eigenvalue weighted by atomic mass is 32.2. The van der Waals surface area contributed by atoms with Crippen LogP contribution < -0.4 is 11.1 Å². The van der Waals surface area contributed by atoms with Gasteiger partial charge in [0.05, 0.1) is 0 Å². The van der Waals surface area contributed by atoms with Crippen LogP contribution in [0.5, 0.6) is 0 Å². The summed E-state index contributed by atoms with van der Waals surface area (Å²) in [5.41, 5.74) is 4.33. The van der Waals surface area contributed by atoms with E-state index in [1.807, 2.05) is 0 Å². The highest BCUT2D eigenvalue weighted by Gasteiger charge is 2.40. The molecule has 9 heteroatoms. The van der Waals surface area contributed by atoms with Gasteiger partial charge in [-0.15, -0.1) is 0 Å². The molecule has 1 amide bonds. The largest absolute Gasteiger partial charge is 0.394 e. The smallest absolute Gasteiger partial charge is 0.246 e. The number of amides is 1. The van der Waals surface area contributed by atoms with Gasteiger partial charge in [0.15, 0.2) is 5.82 Å². The van der Waals surface area contributed by atoms with Gasteiger partial charge < -0.3 is 11.1 Å². The van der Waals surface area contributed by atoms with Crippen molar-refractivity contribution in [1.82, 2.24) is 9.62 Å². The van der Waals surface area contributed by atoms with Gasteiger partial charge in [0.2, 0.25) is 15.9 Å². The van der Waals surface area contributed by atoms with Gasteiger partial charge in [-0.1, -0.05) is 0 Å². The van der Waals surface area contributed by atoms with E-state index < -0.39 is 44.2 Å². The molecule has 21 heavy (non-hydrogen) atoms. The minimum atomic E-state index is -4.26. The Hall–Kier alpha value is -1.74. The van der Waals surface area contributed by atoms with E-state index in [0.29, 0.717) is 12.8 Å². The molecule has 6 nitrogen and oxygen atoms in total. The molecule has 1 fully saturated rings. The first-order valence-electron chi connectivity index (χ1n) is 6.27. The molecule has 1 atom stereocenters. The van der Waals surface area contributed by atoms with E-state index in [-0.39, 0.29) is 6.54 Å². The van der Waals surface area contributed by atoms with Crippen molar-refractivity contribution >= 4 is 21.6 Å². The molecular formula is C12H15F2N3O3S. The Balaban J connectivity index is 2.47. The lowest BCUT2D eigenvalue weighted by Crippen LogP contribution is -2.45. The third-order valence-corrected chi connectivity index (χ3v) is 5.36. The van der Waals surface area contributed by atoms with Gasteiger partial charge in [0.1, 0.15) is 22.4 Å². The first-order valence-corrected chi connectivity index (χ1v) is 7.71. The van der Waals surface area contributed by atoms with Crippen molar-refractivity contribution in [2.75, 3.05) is 19.3 Å². The standard InChI is InChI=1S/C12H15F2N3O3S/c1-16-12(18)8-3-2-6-17(8)21(19,20)9-5-4-7(13)11(15)10(9)14/h4-5,8H,2-3,6,15H2,1H3,(H,16,18). The van der Waals surface area contributed by atoms with Crippen molar-refractivity contribution in [3.63, 3.8) is 0 Å². The average Bonchev–Trinajstić information content (AvgIpc) is 2.94. The van der Waals surface area contributed by atoms with E-state index in [9.17, 15) is 22.0 Å². The van der Waals surface area contributed by atoms with Gasteiger partial charge in [0, 0.05) is 13.6 Å². The molecule has 1 aromatic rings. The number of nitrogens with one attached hydrogen (secondary N) is 1. The summed E-state index contributed by atoms with van der Waals surface area (Å²) < 4.78 is 53.0. The van der Waals surface area contributed by atoms with E-state index in [1.54, 1.807) is 0 Å². The van der Waals surface area contributed by atoms with Gasteiger partial charge in [-0.05, 0) is 25.0 Å². The molecule has 116 valence electrons. The van der Waals surface area contributed by atoms with Gasteiger partial charge in [-0.2, -0.15) is 4.31 Å². The topological polar surface area (TPSA) is 92.5 Å². The number of nitrogen functional groups attached to an aromatic ring is 1. The third-order valence-electron chi connectivity index (χ3n) is 3.43. The Morgan fingerprint density at radius 1 is 1.43 bits per heavy atom. The number of carbonyl (C=O) groups excluding carboxylic acids is 1. The number of halogens is 2. The Morgan fingerprint density at radius 2 is 2.10 bits per heavy atom. The summed E-state index contributed by atoms with van der Waals surface area (Å²) in [6.07, 6.45) is 0.826. The van der Waals surface area contributed by atoms with Crippen molar-refractivity contribution in [2.45, 2.75) is 23.8 Å². The number of hydrogen-bond donors (Lipinski definition) is 2. The highest BCUT2D eigenvalue weighted by molar-refractivity contribution is 7.89. The molecular weight excluding hydrogens is 304 g/mol. The van der Waals surface area contributed by atoms with Crippen LogP contribution in [0.2, 0.25) is 0 Å². The molecule has 0 aromatic heterocycles. The van der Waals surface area contributed by atoms with Gasteiger partial charge in [0.25, 0.3) is 0 Å². The molecule has 1 saturated heterocycles. The molecule has 0 bridgehead atoms. The zero-order chi connectivity index (χ0) is 15.8. The van der Waals surface area contributed by atoms with Crippen LogP contribution in [-0.4, -0.2) is 38.3 Å². The summed E-state index contributed by atoms with van der Waals surface area (Å²) in [5, 5.41) is 2.37. The Kier molecular flexibility index (Phi) is 4.15. The maximum absolute atomic E-state index is 14.0. The molecule has 2 rings (SSSR count). The predicted molar refractivity (Wildman–Crippen MR) is 71.8 cm³/mol. The maximum Gasteiger partial charge on any atom is 0.246 e. The highest BCUT2D eigenvalue weighted by Crippen LogP contribution is 2.30. The minimum absolute atomic E-state index is 0.0944. The molecule has 0 aliphatic carbocycles. The Bertz CT molecular complexity index is 679. The molecule has 1 aromatic carbocycles. The lowest BCUT2D eigenvalue weighted by Gasteiger charge is -2.23. The number of anilines is 1. The van der Waals surface area contributed by atoms with Crippen LogP contribution in [0.15, 0.2) is 17.0 Å². The van der Waals surface area contributed by atoms with E-state index in [1.165, 1.54) is 7.05 Å². The monoisotopic (exact) mass is 319 g/mol. The molecule has 0 radical (unpaired) electrons. The van der Waals surface area contributed by atoms with Crippen molar-refractivity contribution in [2.24, 2.45) is 0 Å². The number of nitrogens with two attached hydrogens (primary N) is 1. The van der Waals surface area contributed by atoms with E-state index in [0.717, 1.165) is 16.4 Å². The normalized spacial score (nSPS) is 19.7. The fourth-order valence-corrected chi connectivity index (χ4v) is 4.07. The van der Waals surface area contributed by atoms with Crippen molar-refractivity contribution in [3.8, 4) is 0 Å². The summed E-state index contributed by atoms with van der Waals surface area (Å²) in [6, 6.07) is 0.706. The van der Waals surface area contributed by atoms with Crippen LogP contribution in [0.25, 0.3) is 0 Å². The molecule has 0 spiro atoms. The molecule has 1 aliphatic heterocycles. The average molecular weight is 319 g/mol. The predicted octanol–water partition coefficient (Wildman–Crippen LogP) is 0.446. The number of hydrogen-bond acceptors (Lipinski definition) is 4. The van der Waals surface area contributed by atoms with E-state index in [2.05, 4.69) is 5.32 Å². The van der Waals surface area contributed by atoms with Crippen molar-refractivity contribution in [3.05, 3.63) is 23.8 Å². The van der Waals surface area contributed by atoms with E-state index >= 15 is 0 Å². The second-order valence-corrected chi connectivity index (χ2v) is 6.52. The number of sulfonamides is 1. The summed E-state index contributed by atoms with van der Waals surface area (Å²) in [7, 11) is -2.87. The minimum Gasteiger partial charge on any atom is -0.394 e. The number of likely N-dealkylation sites (N-methyl/N-ethyl adjacent to an activating group) is 1. The molecule has 0 saturated carbocycles. The Labute approximate surface area is 121 Å². The first kappa shape index (κ1) is 15.6. The first-order chi connectivity index (χ1) is 9.80. The molecule has 3 N–H and O–H groups in total. The quantitative estimate of drug-likeness (QED) is 0.791. The SMILES string of the molecule is CNC(=O)C1CCCN1S(=O)(=O)c1ccc(F)c(N)c1F. The maximum atomic E-state index is 14.0. The number of rotatable bonds is 3. The van der Waals surface area contributed by atoms with Crippen LogP contribution in [-0.2, 0) is 14.8 Å². The lowest BCUT2D eigenvalue weighted by atomic mass is 10.2. The van der Waals surface area contributed by atoms with Gasteiger partial charge in [-0.3, -0.25) is 4.79 Å². The third kappa shape index (κ3) is 2.58. The number of nitrogens with zero attached hydrogens (tertiary/aromatic N) is 1. The van der Waals surface area contributed by atoms with Crippen LogP contribution in [0.3, 0.4) is 0 Å². The summed E-state index contributed by atoms with van der Waals surface area (Å²) in [5.74, 6) is -2.83. The second kappa shape index (κ2) is 5.57. The van der Waals surface area contributed by atoms with Gasteiger partial charge >= 0.3 is 0 Å². The van der Waals surface area contributed by atoms with Crippen molar-refractivity contribution in [1.29, 1.82) is 0 Å². The Morgan fingerprint density at radius 3 is 2.71 bits per heavy atom. The zero-order valence-electron chi connectivity index (χ0n) is 11.3. The summed E-state index contributed by atoms with van der Waals surface area (Å²) in [4.78, 5) is 11.0. The number of carbonyl (C=O) groups is 1. The summed E-state index contributed by atoms with van der Waals surface area (Å²) in [6.45, 7) is 0.0944. The van der Waals surface area contributed by atoms with Crippen LogP contribution in [0, 0.1) is 11.6 Å². The van der Waals surface area contributed by atoms with E-state index in [4.69, 9.17) is 5.73 Å². The fourth-order valence-electron chi connectivity index (χ4n) is 2.33.